The summed E-state index contributed by atoms with van der Waals surface area (Å²) in [6.45, 7) is 2.00. The van der Waals surface area contributed by atoms with Crippen molar-refractivity contribution in [1.29, 1.82) is 0 Å². The first kappa shape index (κ1) is 19.9. The van der Waals surface area contributed by atoms with E-state index in [1.54, 1.807) is 48.5 Å². The van der Waals surface area contributed by atoms with Crippen LogP contribution in [0.3, 0.4) is 0 Å². The number of para-hydroxylation sites is 2. The van der Waals surface area contributed by atoms with Gasteiger partial charge < -0.3 is 14.8 Å². The highest BCUT2D eigenvalue weighted by molar-refractivity contribution is 5.92. The van der Waals surface area contributed by atoms with Gasteiger partial charge in [-0.05, 0) is 31.2 Å². The molecule has 1 aromatic heterocycles. The Kier molecular flexibility index (Phi) is 6.13. The Labute approximate surface area is 166 Å². The predicted octanol–water partition coefficient (Wildman–Crippen LogP) is 2.05. The first-order valence-corrected chi connectivity index (χ1v) is 9.01. The van der Waals surface area contributed by atoms with Gasteiger partial charge in [-0.1, -0.05) is 18.2 Å². The zero-order chi connectivity index (χ0) is 20.8. The van der Waals surface area contributed by atoms with Crippen LogP contribution in [0.4, 0.5) is 5.69 Å². The van der Waals surface area contributed by atoms with Crippen LogP contribution < -0.4 is 25.9 Å². The number of ether oxygens (including phenoxy) is 2. The van der Waals surface area contributed by atoms with Crippen molar-refractivity contribution in [2.24, 2.45) is 0 Å². The fraction of sp³-hybridized carbons (Fsp3) is 0.190. The predicted molar refractivity (Wildman–Crippen MR) is 109 cm³/mol. The number of carbonyl (C=O) groups is 1. The normalized spacial score (nSPS) is 10.4. The van der Waals surface area contributed by atoms with Gasteiger partial charge in [-0.25, -0.2) is 0 Å². The molecule has 0 unspecified atom stereocenters. The van der Waals surface area contributed by atoms with E-state index < -0.39 is 17.0 Å². The molecule has 29 heavy (non-hydrogen) atoms. The average Bonchev–Trinajstić information content (AvgIpc) is 2.73. The Morgan fingerprint density at radius 3 is 2.59 bits per heavy atom. The summed E-state index contributed by atoms with van der Waals surface area (Å²) in [4.78, 5) is 37.4. The number of rotatable bonds is 7. The molecular weight excluding hydrogens is 374 g/mol. The lowest BCUT2D eigenvalue weighted by atomic mass is 10.3. The molecule has 3 rings (SSSR count). The maximum atomic E-state index is 12.5. The van der Waals surface area contributed by atoms with Crippen LogP contribution >= 0.6 is 0 Å². The van der Waals surface area contributed by atoms with Gasteiger partial charge in [0, 0.05) is 18.5 Å². The van der Waals surface area contributed by atoms with Crippen molar-refractivity contribution >= 4 is 11.6 Å². The van der Waals surface area contributed by atoms with Gasteiger partial charge in [0.2, 0.25) is 5.91 Å². The molecule has 0 spiro atoms. The summed E-state index contributed by atoms with van der Waals surface area (Å²) in [6, 6.07) is 13.8. The second-order valence-electron chi connectivity index (χ2n) is 6.09. The fourth-order valence-electron chi connectivity index (χ4n) is 2.79. The van der Waals surface area contributed by atoms with Gasteiger partial charge in [-0.2, -0.15) is 0 Å². The van der Waals surface area contributed by atoms with E-state index in [0.717, 1.165) is 4.57 Å². The smallest absolute Gasteiger partial charge is 0.320 e. The second kappa shape index (κ2) is 8.92. The largest absolute Gasteiger partial charge is 0.497 e. The molecule has 150 valence electrons. The van der Waals surface area contributed by atoms with Gasteiger partial charge in [0.05, 0.1) is 25.1 Å². The summed E-state index contributed by atoms with van der Waals surface area (Å²) >= 11 is 0. The molecule has 1 N–H and O–H groups in total. The maximum Gasteiger partial charge on any atom is 0.320 e. The van der Waals surface area contributed by atoms with Gasteiger partial charge in [0.15, 0.2) is 0 Å². The molecule has 0 saturated heterocycles. The van der Waals surface area contributed by atoms with E-state index in [9.17, 15) is 14.4 Å². The number of hydrogen-bond donors (Lipinski definition) is 1. The van der Waals surface area contributed by atoms with Crippen molar-refractivity contribution in [1.82, 2.24) is 9.13 Å². The highest BCUT2D eigenvalue weighted by atomic mass is 16.5. The molecule has 0 saturated carbocycles. The van der Waals surface area contributed by atoms with Gasteiger partial charge in [-0.3, -0.25) is 23.5 Å². The van der Waals surface area contributed by atoms with Gasteiger partial charge in [-0.15, -0.1) is 0 Å². The van der Waals surface area contributed by atoms with Crippen LogP contribution in [-0.4, -0.2) is 28.8 Å². The standard InChI is InChI=1S/C21H21N3O5/c1-3-29-18-10-5-4-9-17(18)22-19(25)14-23-11-12-24(21(27)20(23)26)15-7-6-8-16(13-15)28-2/h4-13H,3,14H2,1-2H3,(H,22,25). The average molecular weight is 395 g/mol. The highest BCUT2D eigenvalue weighted by Crippen LogP contribution is 2.23. The van der Waals surface area contributed by atoms with Crippen molar-refractivity contribution < 1.29 is 14.3 Å². The van der Waals surface area contributed by atoms with Crippen LogP contribution in [0.1, 0.15) is 6.92 Å². The molecule has 2 aromatic carbocycles. The summed E-state index contributed by atoms with van der Waals surface area (Å²) in [7, 11) is 1.52. The van der Waals surface area contributed by atoms with E-state index in [0.29, 0.717) is 29.5 Å². The molecule has 1 heterocycles. The number of carbonyl (C=O) groups excluding carboxylic acids is 1. The second-order valence-corrected chi connectivity index (χ2v) is 6.09. The van der Waals surface area contributed by atoms with Crippen LogP contribution in [0.5, 0.6) is 11.5 Å². The van der Waals surface area contributed by atoms with Crippen molar-refractivity contribution in [2.45, 2.75) is 13.5 Å². The molecule has 0 radical (unpaired) electrons. The molecular formula is C21H21N3O5. The minimum atomic E-state index is -0.802. The lowest BCUT2D eigenvalue weighted by Crippen LogP contribution is -2.41. The zero-order valence-electron chi connectivity index (χ0n) is 16.1. The Morgan fingerprint density at radius 2 is 1.83 bits per heavy atom. The van der Waals surface area contributed by atoms with Gasteiger partial charge >= 0.3 is 11.1 Å². The third-order valence-electron chi connectivity index (χ3n) is 4.16. The van der Waals surface area contributed by atoms with Crippen molar-refractivity contribution in [3.8, 4) is 17.2 Å². The first-order chi connectivity index (χ1) is 14.0. The SMILES string of the molecule is CCOc1ccccc1NC(=O)Cn1ccn(-c2cccc(OC)c2)c(=O)c1=O. The molecule has 0 atom stereocenters. The van der Waals surface area contributed by atoms with E-state index in [2.05, 4.69) is 5.32 Å². The molecule has 0 bridgehead atoms. The minimum Gasteiger partial charge on any atom is -0.497 e. The van der Waals surface area contributed by atoms with Crippen LogP contribution in [0.2, 0.25) is 0 Å². The molecule has 0 aliphatic heterocycles. The Balaban J connectivity index is 1.82. The number of methoxy groups -OCH3 is 1. The van der Waals surface area contributed by atoms with Crippen LogP contribution in [0.25, 0.3) is 5.69 Å². The summed E-state index contributed by atoms with van der Waals surface area (Å²) < 4.78 is 12.9. The molecule has 0 fully saturated rings. The lowest BCUT2D eigenvalue weighted by Gasteiger charge is -2.12. The third-order valence-corrected chi connectivity index (χ3v) is 4.16. The Hall–Kier alpha value is -3.81. The number of nitrogens with one attached hydrogen (secondary N) is 1. The van der Waals surface area contributed by atoms with Gasteiger partial charge in [0.25, 0.3) is 0 Å². The molecule has 0 aliphatic carbocycles. The van der Waals surface area contributed by atoms with Crippen LogP contribution in [0.15, 0.2) is 70.5 Å². The topological polar surface area (TPSA) is 91.6 Å². The zero-order valence-corrected chi connectivity index (χ0v) is 16.1. The Morgan fingerprint density at radius 1 is 1.03 bits per heavy atom. The molecule has 8 nitrogen and oxygen atoms in total. The lowest BCUT2D eigenvalue weighted by molar-refractivity contribution is -0.116. The number of amides is 1. The summed E-state index contributed by atoms with van der Waals surface area (Å²) in [6.07, 6.45) is 2.84. The fourth-order valence-corrected chi connectivity index (χ4v) is 2.79. The monoisotopic (exact) mass is 395 g/mol. The third kappa shape index (κ3) is 4.55. The minimum absolute atomic E-state index is 0.298. The first-order valence-electron chi connectivity index (χ1n) is 9.01. The Bertz CT molecular complexity index is 1130. The summed E-state index contributed by atoms with van der Waals surface area (Å²) in [5, 5.41) is 2.70. The van der Waals surface area contributed by atoms with E-state index >= 15 is 0 Å². The molecule has 1 amide bonds. The van der Waals surface area contributed by atoms with E-state index in [4.69, 9.17) is 9.47 Å². The number of aromatic nitrogens is 2. The van der Waals surface area contributed by atoms with Crippen molar-refractivity contribution in [3.63, 3.8) is 0 Å². The summed E-state index contributed by atoms with van der Waals surface area (Å²) in [5.41, 5.74) is -0.572. The van der Waals surface area contributed by atoms with E-state index in [-0.39, 0.29) is 6.54 Å². The number of anilines is 1. The molecule has 0 aliphatic rings. The van der Waals surface area contributed by atoms with Crippen LogP contribution in [0, 0.1) is 0 Å². The van der Waals surface area contributed by atoms with Crippen molar-refractivity contribution in [2.75, 3.05) is 19.0 Å². The number of benzene rings is 2. The van der Waals surface area contributed by atoms with E-state index in [1.807, 2.05) is 6.92 Å². The number of hydrogen-bond acceptors (Lipinski definition) is 5. The maximum absolute atomic E-state index is 12.5. The molecule has 8 heteroatoms. The quantitative estimate of drug-likeness (QED) is 0.618. The van der Waals surface area contributed by atoms with Gasteiger partial charge in [0.1, 0.15) is 18.0 Å². The van der Waals surface area contributed by atoms with Crippen molar-refractivity contribution in [3.05, 3.63) is 81.6 Å². The van der Waals surface area contributed by atoms with Crippen LogP contribution in [-0.2, 0) is 11.3 Å². The summed E-state index contributed by atoms with van der Waals surface area (Å²) in [5.74, 6) is 0.646. The van der Waals surface area contributed by atoms with E-state index in [1.165, 1.54) is 24.1 Å². The molecule has 3 aromatic rings. The highest BCUT2D eigenvalue weighted by Gasteiger charge is 2.12. The number of nitrogens with zero attached hydrogens (tertiary/aromatic N) is 2.